The molecule has 0 spiro atoms. The van der Waals surface area contributed by atoms with Gasteiger partial charge in [0.25, 0.3) is 0 Å². The summed E-state index contributed by atoms with van der Waals surface area (Å²) >= 11 is 0. The van der Waals surface area contributed by atoms with Crippen molar-refractivity contribution >= 4 is 11.8 Å². The molecule has 0 bridgehead atoms. The number of nitrogens with one attached hydrogen (secondary N) is 3. The predicted octanol–water partition coefficient (Wildman–Crippen LogP) is -0.747. The topological polar surface area (TPSA) is 79.5 Å². The summed E-state index contributed by atoms with van der Waals surface area (Å²) in [5.74, 6) is -0.271. The third-order valence-corrected chi connectivity index (χ3v) is 1.71. The smallest absolute Gasteiger partial charge is 0.234 e. The summed E-state index contributed by atoms with van der Waals surface area (Å²) < 4.78 is 4.79. The molecule has 0 saturated heterocycles. The largest absolute Gasteiger partial charge is 0.383 e. The fourth-order valence-electron chi connectivity index (χ4n) is 1.11. The zero-order chi connectivity index (χ0) is 13.3. The van der Waals surface area contributed by atoms with Crippen molar-refractivity contribution in [1.82, 2.24) is 16.0 Å². The lowest BCUT2D eigenvalue weighted by Gasteiger charge is -2.20. The van der Waals surface area contributed by atoms with Crippen LogP contribution in [-0.2, 0) is 14.3 Å². The van der Waals surface area contributed by atoms with Crippen molar-refractivity contribution in [3.63, 3.8) is 0 Å². The van der Waals surface area contributed by atoms with Gasteiger partial charge in [0.15, 0.2) is 0 Å². The first-order valence-corrected chi connectivity index (χ1v) is 5.62. The number of rotatable bonds is 7. The lowest BCUT2D eigenvalue weighted by atomic mass is 10.1. The maximum absolute atomic E-state index is 11.4. The van der Waals surface area contributed by atoms with Crippen molar-refractivity contribution < 1.29 is 14.3 Å². The molecule has 0 unspecified atom stereocenters. The molecule has 0 heterocycles. The van der Waals surface area contributed by atoms with Gasteiger partial charge in [0.05, 0.1) is 19.7 Å². The summed E-state index contributed by atoms with van der Waals surface area (Å²) in [4.78, 5) is 22.6. The lowest BCUT2D eigenvalue weighted by molar-refractivity contribution is -0.122. The quantitative estimate of drug-likeness (QED) is 0.516. The summed E-state index contributed by atoms with van der Waals surface area (Å²) in [5, 5.41) is 8.21. The van der Waals surface area contributed by atoms with E-state index in [-0.39, 0.29) is 30.4 Å². The standard InChI is InChI=1S/C11H23N3O3/c1-11(2,3)14-10(16)8-12-7-9(15)13-5-6-17-4/h12H,5-8H2,1-4H3,(H,13,15)(H,14,16). The molecule has 0 aliphatic carbocycles. The van der Waals surface area contributed by atoms with E-state index in [1.54, 1.807) is 7.11 Å². The number of methoxy groups -OCH3 is 1. The Bertz CT molecular complexity index is 249. The molecule has 0 aromatic heterocycles. The predicted molar refractivity (Wildman–Crippen MR) is 65.7 cm³/mol. The Balaban J connectivity index is 3.56. The monoisotopic (exact) mass is 245 g/mol. The van der Waals surface area contributed by atoms with Gasteiger partial charge < -0.3 is 15.4 Å². The Morgan fingerprint density at radius 2 is 1.71 bits per heavy atom. The van der Waals surface area contributed by atoms with Crippen LogP contribution >= 0.6 is 0 Å². The van der Waals surface area contributed by atoms with E-state index in [4.69, 9.17) is 4.74 Å². The molecule has 0 aromatic carbocycles. The van der Waals surface area contributed by atoms with Crippen LogP contribution in [0.4, 0.5) is 0 Å². The molecule has 0 atom stereocenters. The molecule has 0 aromatic rings. The highest BCUT2D eigenvalue weighted by Gasteiger charge is 2.13. The van der Waals surface area contributed by atoms with Gasteiger partial charge in [-0.25, -0.2) is 0 Å². The first-order valence-electron chi connectivity index (χ1n) is 5.62. The molecule has 0 saturated carbocycles. The zero-order valence-electron chi connectivity index (χ0n) is 11.1. The maximum atomic E-state index is 11.4. The van der Waals surface area contributed by atoms with E-state index >= 15 is 0 Å². The van der Waals surface area contributed by atoms with E-state index < -0.39 is 0 Å². The van der Waals surface area contributed by atoms with E-state index in [2.05, 4.69) is 16.0 Å². The minimum Gasteiger partial charge on any atom is -0.383 e. The van der Waals surface area contributed by atoms with Gasteiger partial charge >= 0.3 is 0 Å². The Hall–Kier alpha value is -1.14. The number of hydrogen-bond donors (Lipinski definition) is 3. The molecule has 3 N–H and O–H groups in total. The molecule has 2 amide bonds. The average molecular weight is 245 g/mol. The van der Waals surface area contributed by atoms with Crippen LogP contribution in [0.1, 0.15) is 20.8 Å². The minimum atomic E-state index is -0.251. The highest BCUT2D eigenvalue weighted by atomic mass is 16.5. The van der Waals surface area contributed by atoms with Crippen molar-refractivity contribution in [1.29, 1.82) is 0 Å². The highest BCUT2D eigenvalue weighted by molar-refractivity contribution is 5.81. The molecule has 0 aliphatic heterocycles. The molecule has 6 heteroatoms. The number of ether oxygens (including phenoxy) is 1. The Kier molecular flexibility index (Phi) is 7.49. The van der Waals surface area contributed by atoms with E-state index in [1.807, 2.05) is 20.8 Å². The molecule has 17 heavy (non-hydrogen) atoms. The van der Waals surface area contributed by atoms with Crippen molar-refractivity contribution in [2.24, 2.45) is 0 Å². The van der Waals surface area contributed by atoms with Gasteiger partial charge in [-0.05, 0) is 20.8 Å². The minimum absolute atomic E-state index is 0.123. The van der Waals surface area contributed by atoms with E-state index in [0.29, 0.717) is 13.2 Å². The Morgan fingerprint density at radius 1 is 1.12 bits per heavy atom. The molecule has 0 rings (SSSR count). The second-order valence-electron chi connectivity index (χ2n) is 4.74. The number of carbonyl (C=O) groups excluding carboxylic acids is 2. The lowest BCUT2D eigenvalue weighted by Crippen LogP contribution is -2.46. The van der Waals surface area contributed by atoms with Crippen LogP contribution in [0.15, 0.2) is 0 Å². The van der Waals surface area contributed by atoms with Crippen LogP contribution in [0, 0.1) is 0 Å². The van der Waals surface area contributed by atoms with E-state index in [9.17, 15) is 9.59 Å². The Labute approximate surface area is 102 Å². The van der Waals surface area contributed by atoms with Crippen LogP contribution < -0.4 is 16.0 Å². The zero-order valence-corrected chi connectivity index (χ0v) is 11.1. The van der Waals surface area contributed by atoms with Crippen LogP contribution in [0.5, 0.6) is 0 Å². The second-order valence-corrected chi connectivity index (χ2v) is 4.74. The average Bonchev–Trinajstić information content (AvgIpc) is 2.15. The van der Waals surface area contributed by atoms with Crippen LogP contribution in [-0.4, -0.2) is 50.7 Å². The fraction of sp³-hybridized carbons (Fsp3) is 0.818. The van der Waals surface area contributed by atoms with Crippen molar-refractivity contribution in [2.45, 2.75) is 26.3 Å². The van der Waals surface area contributed by atoms with E-state index in [0.717, 1.165) is 0 Å². The van der Waals surface area contributed by atoms with Gasteiger partial charge in [-0.15, -0.1) is 0 Å². The van der Waals surface area contributed by atoms with Crippen LogP contribution in [0.25, 0.3) is 0 Å². The van der Waals surface area contributed by atoms with Gasteiger partial charge in [0, 0.05) is 19.2 Å². The van der Waals surface area contributed by atoms with Crippen LogP contribution in [0.3, 0.4) is 0 Å². The molecule has 0 aliphatic rings. The molecule has 100 valence electrons. The first kappa shape index (κ1) is 15.9. The van der Waals surface area contributed by atoms with Crippen molar-refractivity contribution in [3.05, 3.63) is 0 Å². The summed E-state index contributed by atoms with van der Waals surface area (Å²) in [7, 11) is 1.57. The molecular weight excluding hydrogens is 222 g/mol. The van der Waals surface area contributed by atoms with Gasteiger partial charge in [0.2, 0.25) is 11.8 Å². The number of carbonyl (C=O) groups is 2. The van der Waals surface area contributed by atoms with Gasteiger partial charge in [0.1, 0.15) is 0 Å². The van der Waals surface area contributed by atoms with E-state index in [1.165, 1.54) is 0 Å². The number of amides is 2. The maximum Gasteiger partial charge on any atom is 0.234 e. The molecule has 0 fully saturated rings. The molecule has 6 nitrogen and oxygen atoms in total. The summed E-state index contributed by atoms with van der Waals surface area (Å²) in [6, 6.07) is 0. The summed E-state index contributed by atoms with van der Waals surface area (Å²) in [5.41, 5.74) is -0.251. The van der Waals surface area contributed by atoms with Crippen molar-refractivity contribution in [3.8, 4) is 0 Å². The normalized spacial score (nSPS) is 11.1. The molecular formula is C11H23N3O3. The molecule has 0 radical (unpaired) electrons. The van der Waals surface area contributed by atoms with Gasteiger partial charge in [-0.2, -0.15) is 0 Å². The van der Waals surface area contributed by atoms with Gasteiger partial charge in [-0.3, -0.25) is 14.9 Å². The third-order valence-electron chi connectivity index (χ3n) is 1.71. The number of hydrogen-bond acceptors (Lipinski definition) is 4. The van der Waals surface area contributed by atoms with Crippen molar-refractivity contribution in [2.75, 3.05) is 33.4 Å². The Morgan fingerprint density at radius 3 is 2.24 bits per heavy atom. The third kappa shape index (κ3) is 11.1. The highest BCUT2D eigenvalue weighted by Crippen LogP contribution is 1.96. The van der Waals surface area contributed by atoms with Gasteiger partial charge in [-0.1, -0.05) is 0 Å². The first-order chi connectivity index (χ1) is 7.85. The summed E-state index contributed by atoms with van der Waals surface area (Å²) in [6.07, 6.45) is 0. The second kappa shape index (κ2) is 8.03. The summed E-state index contributed by atoms with van der Waals surface area (Å²) in [6.45, 7) is 6.94. The fourth-order valence-corrected chi connectivity index (χ4v) is 1.11. The SMILES string of the molecule is COCCNC(=O)CNCC(=O)NC(C)(C)C. The van der Waals surface area contributed by atoms with Crippen LogP contribution in [0.2, 0.25) is 0 Å².